The summed E-state index contributed by atoms with van der Waals surface area (Å²) in [4.78, 5) is 4.56. The fourth-order valence-corrected chi connectivity index (χ4v) is 3.86. The molecular weight excluding hydrogens is 467 g/mol. The Morgan fingerprint density at radius 2 is 2.04 bits per heavy atom. The van der Waals surface area contributed by atoms with Crippen LogP contribution in [0.15, 0.2) is 29.3 Å². The first-order valence-electron chi connectivity index (χ1n) is 8.46. The summed E-state index contributed by atoms with van der Waals surface area (Å²) in [6.45, 7) is 7.30. The molecule has 1 atom stereocenters. The van der Waals surface area contributed by atoms with E-state index in [1.807, 2.05) is 45.0 Å². The van der Waals surface area contributed by atoms with Crippen molar-refractivity contribution in [1.82, 2.24) is 15.4 Å². The average molecular weight is 496 g/mol. The highest BCUT2D eigenvalue weighted by Crippen LogP contribution is 2.31. The van der Waals surface area contributed by atoms with Gasteiger partial charge in [-0.25, -0.2) is 13.1 Å². The lowest BCUT2D eigenvalue weighted by molar-refractivity contribution is 0.261. The second-order valence-corrected chi connectivity index (χ2v) is 8.57. The van der Waals surface area contributed by atoms with Gasteiger partial charge in [-0.3, -0.25) is 4.99 Å². The molecule has 1 aromatic carbocycles. The number of nitrogens with one attached hydrogen (secondary N) is 3. The lowest BCUT2D eigenvalue weighted by atomic mass is 10.0. The third kappa shape index (κ3) is 7.28. The molecule has 0 radical (unpaired) electrons. The molecule has 0 saturated carbocycles. The Bertz CT molecular complexity index is 722. The third-order valence-corrected chi connectivity index (χ3v) is 4.63. The summed E-state index contributed by atoms with van der Waals surface area (Å²) in [5, 5.41) is 6.65. The van der Waals surface area contributed by atoms with Crippen LogP contribution in [0, 0.1) is 0 Å². The monoisotopic (exact) mass is 496 g/mol. The van der Waals surface area contributed by atoms with Crippen LogP contribution in [0.2, 0.25) is 0 Å². The SMILES string of the molecule is CCNC(=NCC(C)(C)NS(C)(=O)=O)NC1CCOc2ccccc21.I. The number of benzene rings is 1. The third-order valence-electron chi connectivity index (χ3n) is 3.71. The molecule has 0 spiro atoms. The van der Waals surface area contributed by atoms with Crippen LogP contribution in [-0.4, -0.2) is 45.9 Å². The van der Waals surface area contributed by atoms with E-state index in [9.17, 15) is 8.42 Å². The van der Waals surface area contributed by atoms with Crippen LogP contribution in [0.25, 0.3) is 0 Å². The standard InChI is InChI=1S/C17H28N4O3S.HI/c1-5-18-16(19-12-17(2,3)21-25(4,22)23)20-14-10-11-24-15-9-7-6-8-13(14)15;/h6-9,14,21H,5,10-12H2,1-4H3,(H2,18,19,20);1H. The maximum absolute atomic E-state index is 11.5. The predicted octanol–water partition coefficient (Wildman–Crippen LogP) is 2.01. The van der Waals surface area contributed by atoms with Crippen LogP contribution in [0.4, 0.5) is 0 Å². The summed E-state index contributed by atoms with van der Waals surface area (Å²) < 4.78 is 31.2. The average Bonchev–Trinajstić information content (AvgIpc) is 2.51. The predicted molar refractivity (Wildman–Crippen MR) is 116 cm³/mol. The minimum absolute atomic E-state index is 0. The first kappa shape index (κ1) is 23.0. The van der Waals surface area contributed by atoms with Crippen molar-refractivity contribution in [3.63, 3.8) is 0 Å². The molecule has 0 aromatic heterocycles. The zero-order valence-corrected chi connectivity index (χ0v) is 18.9. The van der Waals surface area contributed by atoms with Gasteiger partial charge in [0.05, 0.1) is 25.4 Å². The van der Waals surface area contributed by atoms with E-state index in [0.29, 0.717) is 19.1 Å². The molecular formula is C17H29IN4O3S. The number of hydrogen-bond acceptors (Lipinski definition) is 4. The van der Waals surface area contributed by atoms with E-state index in [1.165, 1.54) is 0 Å². The molecule has 1 unspecified atom stereocenters. The van der Waals surface area contributed by atoms with Gasteiger partial charge in [0.1, 0.15) is 5.75 Å². The number of fused-ring (bicyclic) bond motifs is 1. The van der Waals surface area contributed by atoms with Crippen molar-refractivity contribution in [2.24, 2.45) is 4.99 Å². The Kier molecular flexibility index (Phi) is 8.61. The van der Waals surface area contributed by atoms with Gasteiger partial charge in [0.15, 0.2) is 5.96 Å². The van der Waals surface area contributed by atoms with Gasteiger partial charge in [0, 0.05) is 24.1 Å². The number of para-hydroxylation sites is 1. The fourth-order valence-electron chi connectivity index (χ4n) is 2.79. The number of sulfonamides is 1. The summed E-state index contributed by atoms with van der Waals surface area (Å²) in [5.41, 5.74) is 0.441. The zero-order valence-electron chi connectivity index (χ0n) is 15.7. The summed E-state index contributed by atoms with van der Waals surface area (Å²) in [6, 6.07) is 8.07. The number of aliphatic imine (C=N–C) groups is 1. The first-order valence-corrected chi connectivity index (χ1v) is 10.3. The first-order chi connectivity index (χ1) is 11.7. The normalized spacial score (nSPS) is 17.5. The second-order valence-electron chi connectivity index (χ2n) is 6.83. The number of ether oxygens (including phenoxy) is 1. The Morgan fingerprint density at radius 1 is 1.35 bits per heavy atom. The van der Waals surface area contributed by atoms with Crippen molar-refractivity contribution in [3.05, 3.63) is 29.8 Å². The van der Waals surface area contributed by atoms with Crippen LogP contribution >= 0.6 is 24.0 Å². The molecule has 3 N–H and O–H groups in total. The van der Waals surface area contributed by atoms with E-state index in [-0.39, 0.29) is 30.0 Å². The zero-order chi connectivity index (χ0) is 18.5. The Morgan fingerprint density at radius 3 is 2.69 bits per heavy atom. The van der Waals surface area contributed by atoms with E-state index in [1.54, 1.807) is 0 Å². The molecule has 1 aliphatic heterocycles. The molecule has 1 heterocycles. The van der Waals surface area contributed by atoms with E-state index >= 15 is 0 Å². The van der Waals surface area contributed by atoms with Crippen LogP contribution in [-0.2, 0) is 10.0 Å². The van der Waals surface area contributed by atoms with Gasteiger partial charge in [0.25, 0.3) is 0 Å². The molecule has 0 saturated heterocycles. The van der Waals surface area contributed by atoms with E-state index < -0.39 is 15.6 Å². The van der Waals surface area contributed by atoms with Gasteiger partial charge in [-0.15, -0.1) is 24.0 Å². The van der Waals surface area contributed by atoms with Crippen LogP contribution in [0.5, 0.6) is 5.75 Å². The van der Waals surface area contributed by atoms with Crippen LogP contribution in [0.3, 0.4) is 0 Å². The molecule has 1 aliphatic rings. The van der Waals surface area contributed by atoms with E-state index in [2.05, 4.69) is 20.3 Å². The Balaban J connectivity index is 0.00000338. The van der Waals surface area contributed by atoms with Crippen molar-refractivity contribution in [1.29, 1.82) is 0 Å². The molecule has 7 nitrogen and oxygen atoms in total. The molecule has 1 aromatic rings. The number of guanidine groups is 1. The Hall–Kier alpha value is -1.07. The van der Waals surface area contributed by atoms with Gasteiger partial charge in [-0.05, 0) is 26.8 Å². The molecule has 0 bridgehead atoms. The number of hydrogen-bond donors (Lipinski definition) is 3. The smallest absolute Gasteiger partial charge is 0.209 e. The fraction of sp³-hybridized carbons (Fsp3) is 0.588. The maximum atomic E-state index is 11.5. The molecule has 26 heavy (non-hydrogen) atoms. The molecule has 148 valence electrons. The van der Waals surface area contributed by atoms with Gasteiger partial charge in [-0.1, -0.05) is 18.2 Å². The van der Waals surface area contributed by atoms with Crippen molar-refractivity contribution in [2.45, 2.75) is 38.8 Å². The van der Waals surface area contributed by atoms with Gasteiger partial charge in [-0.2, -0.15) is 0 Å². The minimum Gasteiger partial charge on any atom is -0.493 e. The molecule has 0 amide bonds. The lowest BCUT2D eigenvalue weighted by Gasteiger charge is -2.29. The van der Waals surface area contributed by atoms with Crippen LogP contribution in [0.1, 0.15) is 38.8 Å². The van der Waals surface area contributed by atoms with Crippen molar-refractivity contribution in [2.75, 3.05) is 26.0 Å². The molecule has 2 rings (SSSR count). The molecule has 0 fully saturated rings. The highest BCUT2D eigenvalue weighted by atomic mass is 127. The van der Waals surface area contributed by atoms with Gasteiger partial charge < -0.3 is 15.4 Å². The molecule has 9 heteroatoms. The van der Waals surface area contributed by atoms with Crippen molar-refractivity contribution >= 4 is 40.0 Å². The number of rotatable bonds is 6. The summed E-state index contributed by atoms with van der Waals surface area (Å²) in [6.07, 6.45) is 1.99. The number of nitrogens with zero attached hydrogens (tertiary/aromatic N) is 1. The van der Waals surface area contributed by atoms with E-state index in [0.717, 1.165) is 30.5 Å². The quantitative estimate of drug-likeness (QED) is 0.319. The maximum Gasteiger partial charge on any atom is 0.209 e. The topological polar surface area (TPSA) is 91.8 Å². The lowest BCUT2D eigenvalue weighted by Crippen LogP contribution is -2.47. The highest BCUT2D eigenvalue weighted by Gasteiger charge is 2.24. The Labute approximate surface area is 173 Å². The highest BCUT2D eigenvalue weighted by molar-refractivity contribution is 14.0. The van der Waals surface area contributed by atoms with Gasteiger partial charge in [0.2, 0.25) is 10.0 Å². The summed E-state index contributed by atoms with van der Waals surface area (Å²) in [5.74, 6) is 1.55. The number of halogens is 1. The van der Waals surface area contributed by atoms with Crippen molar-refractivity contribution < 1.29 is 13.2 Å². The summed E-state index contributed by atoms with van der Waals surface area (Å²) >= 11 is 0. The van der Waals surface area contributed by atoms with Crippen LogP contribution < -0.4 is 20.1 Å². The van der Waals surface area contributed by atoms with Crippen molar-refractivity contribution in [3.8, 4) is 5.75 Å². The molecule has 0 aliphatic carbocycles. The van der Waals surface area contributed by atoms with Gasteiger partial charge >= 0.3 is 0 Å². The second kappa shape index (κ2) is 9.75. The minimum atomic E-state index is -3.29. The largest absolute Gasteiger partial charge is 0.493 e. The van der Waals surface area contributed by atoms with E-state index in [4.69, 9.17) is 4.74 Å². The summed E-state index contributed by atoms with van der Waals surface area (Å²) in [7, 11) is -3.29.